The Labute approximate surface area is 136 Å². The summed E-state index contributed by atoms with van der Waals surface area (Å²) in [5.74, 6) is 0.103. The normalized spacial score (nSPS) is 28.9. The van der Waals surface area contributed by atoms with E-state index < -0.39 is 5.60 Å². The molecule has 3 rings (SSSR count). The van der Waals surface area contributed by atoms with Gasteiger partial charge in [0.15, 0.2) is 5.60 Å². The van der Waals surface area contributed by atoms with Crippen LogP contribution in [0, 0.1) is 23.6 Å². The molecule has 0 bridgehead atoms. The molecule has 1 N–H and O–H groups in total. The number of likely N-dealkylation sites (tertiary alicyclic amines) is 1. The van der Waals surface area contributed by atoms with Gasteiger partial charge in [-0.1, -0.05) is 26.0 Å². The van der Waals surface area contributed by atoms with E-state index in [0.29, 0.717) is 36.5 Å². The molecule has 126 valence electrons. The van der Waals surface area contributed by atoms with Gasteiger partial charge in [-0.2, -0.15) is 0 Å². The van der Waals surface area contributed by atoms with Crippen LogP contribution >= 0.6 is 0 Å². The van der Waals surface area contributed by atoms with Crippen molar-refractivity contribution in [2.24, 2.45) is 17.8 Å². The number of aliphatic hydroxyl groups is 1. The summed E-state index contributed by atoms with van der Waals surface area (Å²) in [6, 6.07) is 6.15. The minimum Gasteiger partial charge on any atom is -0.375 e. The zero-order valence-corrected chi connectivity index (χ0v) is 14.2. The molecule has 0 aromatic heterocycles. The second-order valence-corrected chi connectivity index (χ2v) is 7.42. The molecule has 1 aromatic rings. The SMILES string of the molecule is CC(C)C(O)(C(=O)N1CC2C(C1)C2N(C)C)c1ccc(F)cc1. The summed E-state index contributed by atoms with van der Waals surface area (Å²) in [6.45, 7) is 5.03. The van der Waals surface area contributed by atoms with E-state index in [1.807, 2.05) is 13.8 Å². The van der Waals surface area contributed by atoms with Gasteiger partial charge in [0.05, 0.1) is 0 Å². The Bertz CT molecular complexity index is 590. The van der Waals surface area contributed by atoms with Crippen molar-refractivity contribution in [1.82, 2.24) is 9.80 Å². The zero-order chi connectivity index (χ0) is 16.9. The van der Waals surface area contributed by atoms with Crippen molar-refractivity contribution in [2.75, 3.05) is 27.2 Å². The van der Waals surface area contributed by atoms with E-state index in [2.05, 4.69) is 19.0 Å². The number of halogens is 1. The van der Waals surface area contributed by atoms with E-state index in [4.69, 9.17) is 0 Å². The van der Waals surface area contributed by atoms with Crippen LogP contribution in [-0.2, 0) is 10.4 Å². The lowest BCUT2D eigenvalue weighted by molar-refractivity contribution is -0.157. The Hall–Kier alpha value is -1.46. The summed E-state index contributed by atoms with van der Waals surface area (Å²) in [7, 11) is 4.14. The molecule has 1 amide bonds. The minimum absolute atomic E-state index is 0.260. The molecule has 1 aromatic carbocycles. The zero-order valence-electron chi connectivity index (χ0n) is 14.2. The molecule has 1 saturated carbocycles. The molecule has 1 saturated heterocycles. The Morgan fingerprint density at radius 3 is 2.22 bits per heavy atom. The summed E-state index contributed by atoms with van der Waals surface area (Å²) in [6.07, 6.45) is 0. The lowest BCUT2D eigenvalue weighted by Crippen LogP contribution is -2.50. The molecule has 1 aliphatic carbocycles. The largest absolute Gasteiger partial charge is 0.375 e. The van der Waals surface area contributed by atoms with Gasteiger partial charge in [-0.15, -0.1) is 0 Å². The molecule has 5 heteroatoms. The van der Waals surface area contributed by atoms with Crippen LogP contribution in [-0.4, -0.2) is 54.0 Å². The summed E-state index contributed by atoms with van der Waals surface area (Å²) in [5, 5.41) is 11.1. The number of rotatable bonds is 4. The second kappa shape index (κ2) is 5.56. The number of hydrogen-bond donors (Lipinski definition) is 1. The summed E-state index contributed by atoms with van der Waals surface area (Å²) in [5.41, 5.74) is -1.14. The molecule has 0 radical (unpaired) electrons. The number of hydrogen-bond acceptors (Lipinski definition) is 3. The van der Waals surface area contributed by atoms with E-state index in [1.165, 1.54) is 24.3 Å². The van der Waals surface area contributed by atoms with E-state index in [9.17, 15) is 14.3 Å². The van der Waals surface area contributed by atoms with Gasteiger partial charge >= 0.3 is 0 Å². The fraction of sp³-hybridized carbons (Fsp3) is 0.611. The number of carbonyl (C=O) groups excluding carboxylic acids is 1. The molecule has 23 heavy (non-hydrogen) atoms. The van der Waals surface area contributed by atoms with Crippen molar-refractivity contribution in [3.05, 3.63) is 35.6 Å². The Morgan fingerprint density at radius 2 is 1.78 bits per heavy atom. The number of fused-ring (bicyclic) bond motifs is 1. The highest BCUT2D eigenvalue weighted by Gasteiger charge is 2.59. The lowest BCUT2D eigenvalue weighted by Gasteiger charge is -2.36. The van der Waals surface area contributed by atoms with Gasteiger partial charge in [-0.05, 0) is 49.5 Å². The quantitative estimate of drug-likeness (QED) is 0.918. The summed E-state index contributed by atoms with van der Waals surface area (Å²) >= 11 is 0. The average molecular weight is 320 g/mol. The van der Waals surface area contributed by atoms with Crippen LogP contribution in [0.3, 0.4) is 0 Å². The van der Waals surface area contributed by atoms with Gasteiger partial charge in [-0.3, -0.25) is 4.79 Å². The van der Waals surface area contributed by atoms with Gasteiger partial charge in [0.25, 0.3) is 5.91 Å². The number of amides is 1. The van der Waals surface area contributed by atoms with Crippen LogP contribution in [0.4, 0.5) is 4.39 Å². The van der Waals surface area contributed by atoms with Crippen molar-refractivity contribution in [2.45, 2.75) is 25.5 Å². The second-order valence-electron chi connectivity index (χ2n) is 7.42. The van der Waals surface area contributed by atoms with Gasteiger partial charge in [0.2, 0.25) is 0 Å². The molecular formula is C18H25FN2O2. The van der Waals surface area contributed by atoms with Gasteiger partial charge in [-0.25, -0.2) is 4.39 Å². The monoisotopic (exact) mass is 320 g/mol. The maximum absolute atomic E-state index is 13.2. The van der Waals surface area contributed by atoms with Gasteiger partial charge < -0.3 is 14.9 Å². The molecular weight excluding hydrogens is 295 g/mol. The van der Waals surface area contributed by atoms with Crippen molar-refractivity contribution in [1.29, 1.82) is 0 Å². The van der Waals surface area contributed by atoms with E-state index in [-0.39, 0.29) is 17.6 Å². The van der Waals surface area contributed by atoms with Crippen LogP contribution in [0.5, 0.6) is 0 Å². The van der Waals surface area contributed by atoms with Gasteiger partial charge in [0, 0.05) is 19.1 Å². The van der Waals surface area contributed by atoms with Crippen molar-refractivity contribution < 1.29 is 14.3 Å². The maximum atomic E-state index is 13.2. The Morgan fingerprint density at radius 1 is 1.26 bits per heavy atom. The highest BCUT2D eigenvalue weighted by molar-refractivity contribution is 5.87. The molecule has 3 unspecified atom stereocenters. The van der Waals surface area contributed by atoms with Gasteiger partial charge in [0.1, 0.15) is 5.82 Å². The van der Waals surface area contributed by atoms with Crippen molar-refractivity contribution in [3.8, 4) is 0 Å². The topological polar surface area (TPSA) is 43.8 Å². The van der Waals surface area contributed by atoms with Crippen molar-refractivity contribution >= 4 is 5.91 Å². The number of piperidine rings is 1. The molecule has 3 atom stereocenters. The van der Waals surface area contributed by atoms with Crippen LogP contribution in [0.2, 0.25) is 0 Å². The van der Waals surface area contributed by atoms with Crippen LogP contribution < -0.4 is 0 Å². The first kappa shape index (κ1) is 16.4. The highest BCUT2D eigenvalue weighted by atomic mass is 19.1. The fourth-order valence-electron chi connectivity index (χ4n) is 4.08. The van der Waals surface area contributed by atoms with Crippen LogP contribution in [0.25, 0.3) is 0 Å². The maximum Gasteiger partial charge on any atom is 0.259 e. The molecule has 2 fully saturated rings. The summed E-state index contributed by atoms with van der Waals surface area (Å²) in [4.78, 5) is 17.0. The standard InChI is InChI=1S/C18H25FN2O2/c1-11(2)18(23,12-5-7-13(19)8-6-12)17(22)21-9-14-15(10-21)16(14)20(3)4/h5-8,11,14-16,23H,9-10H2,1-4H3. The molecule has 4 nitrogen and oxygen atoms in total. The number of nitrogens with zero attached hydrogens (tertiary/aromatic N) is 2. The number of carbonyl (C=O) groups is 1. The van der Waals surface area contributed by atoms with E-state index >= 15 is 0 Å². The third kappa shape index (κ3) is 2.56. The highest BCUT2D eigenvalue weighted by Crippen LogP contribution is 2.49. The van der Waals surface area contributed by atoms with E-state index in [1.54, 1.807) is 4.90 Å². The first-order valence-electron chi connectivity index (χ1n) is 8.21. The average Bonchev–Trinajstić information content (AvgIpc) is 3.02. The van der Waals surface area contributed by atoms with E-state index in [0.717, 1.165) is 0 Å². The molecule has 1 aliphatic heterocycles. The molecule has 1 heterocycles. The predicted octanol–water partition coefficient (Wildman–Crippen LogP) is 1.69. The Balaban J connectivity index is 1.80. The minimum atomic E-state index is -1.60. The molecule has 0 spiro atoms. The van der Waals surface area contributed by atoms with Crippen LogP contribution in [0.1, 0.15) is 19.4 Å². The van der Waals surface area contributed by atoms with Crippen LogP contribution in [0.15, 0.2) is 24.3 Å². The first-order valence-corrected chi connectivity index (χ1v) is 8.21. The third-order valence-corrected chi connectivity index (χ3v) is 5.48. The molecule has 2 aliphatic rings. The summed E-state index contributed by atoms with van der Waals surface area (Å²) < 4.78 is 13.2. The Kier molecular flexibility index (Phi) is 3.97. The fourth-order valence-corrected chi connectivity index (χ4v) is 4.08. The number of benzene rings is 1. The predicted molar refractivity (Wildman–Crippen MR) is 86.2 cm³/mol. The first-order chi connectivity index (χ1) is 10.8. The van der Waals surface area contributed by atoms with Crippen molar-refractivity contribution in [3.63, 3.8) is 0 Å². The smallest absolute Gasteiger partial charge is 0.259 e. The lowest BCUT2D eigenvalue weighted by atomic mass is 9.82. The third-order valence-electron chi connectivity index (χ3n) is 5.48.